The molecule has 0 aliphatic rings. The van der Waals surface area contributed by atoms with Crippen LogP contribution in [-0.2, 0) is 12.8 Å². The van der Waals surface area contributed by atoms with Crippen molar-refractivity contribution in [3.05, 3.63) is 83.7 Å². The molecule has 3 rings (SSSR count). The third kappa shape index (κ3) is 6.01. The van der Waals surface area contributed by atoms with Gasteiger partial charge in [0.05, 0.1) is 0 Å². The normalized spacial score (nSPS) is 11.0. The average Bonchev–Trinajstić information content (AvgIpc) is 2.75. The Morgan fingerprint density at radius 2 is 1.21 bits per heavy atom. The molecule has 0 amide bonds. The summed E-state index contributed by atoms with van der Waals surface area (Å²) in [6.45, 7) is 2.45. The van der Waals surface area contributed by atoms with Crippen LogP contribution >= 0.6 is 0 Å². The van der Waals surface area contributed by atoms with E-state index in [1.165, 1.54) is 30.4 Å². The minimum Gasteiger partial charge on any atom is -0.396 e. The Balaban J connectivity index is 1.70. The maximum Gasteiger partial charge on any atom is 0.131 e. The highest BCUT2D eigenvalue weighted by molar-refractivity contribution is 5.71. The standard InChI is InChI=1S/C27H31FO/c1-2-3-4-7-21-9-13-23(14-10-21)25-17-18-26(27(28)20-25)24-15-11-22(12-16-24)8-5-6-19-29/h9-18,20,29H,2-8,19H2,1H3. The number of unbranched alkanes of at least 4 members (excludes halogenated alkanes) is 3. The summed E-state index contributed by atoms with van der Waals surface area (Å²) in [7, 11) is 0. The van der Waals surface area contributed by atoms with Crippen LogP contribution in [0.1, 0.15) is 50.2 Å². The molecule has 0 saturated heterocycles. The zero-order valence-corrected chi connectivity index (χ0v) is 17.3. The van der Waals surface area contributed by atoms with Crippen molar-refractivity contribution in [3.8, 4) is 22.3 Å². The number of aliphatic hydroxyl groups excluding tert-OH is 1. The molecule has 0 aliphatic heterocycles. The number of halogens is 1. The molecule has 1 N–H and O–H groups in total. The topological polar surface area (TPSA) is 20.2 Å². The van der Waals surface area contributed by atoms with Crippen LogP contribution < -0.4 is 0 Å². The van der Waals surface area contributed by atoms with Crippen molar-refractivity contribution in [1.82, 2.24) is 0 Å². The van der Waals surface area contributed by atoms with Crippen molar-refractivity contribution in [3.63, 3.8) is 0 Å². The molecule has 1 nitrogen and oxygen atoms in total. The van der Waals surface area contributed by atoms with Gasteiger partial charge in [0.1, 0.15) is 5.82 Å². The van der Waals surface area contributed by atoms with Gasteiger partial charge in [-0.25, -0.2) is 4.39 Å². The predicted molar refractivity (Wildman–Crippen MR) is 121 cm³/mol. The molecule has 0 saturated carbocycles. The second kappa shape index (κ2) is 10.9. The fraction of sp³-hybridized carbons (Fsp3) is 0.333. The molecule has 0 bridgehead atoms. The van der Waals surface area contributed by atoms with Crippen LogP contribution in [0.2, 0.25) is 0 Å². The first-order valence-electron chi connectivity index (χ1n) is 10.8. The number of rotatable bonds is 10. The van der Waals surface area contributed by atoms with Crippen molar-refractivity contribution in [2.45, 2.75) is 51.9 Å². The van der Waals surface area contributed by atoms with E-state index in [1.807, 2.05) is 24.3 Å². The second-order valence-electron chi connectivity index (χ2n) is 7.73. The summed E-state index contributed by atoms with van der Waals surface area (Å²) >= 11 is 0. The lowest BCUT2D eigenvalue weighted by Crippen LogP contribution is -1.90. The molecule has 3 aromatic rings. The molecule has 152 valence electrons. The Bertz CT molecular complexity index is 881. The van der Waals surface area contributed by atoms with Crippen molar-refractivity contribution < 1.29 is 9.50 Å². The second-order valence-corrected chi connectivity index (χ2v) is 7.73. The molecule has 0 heterocycles. The number of aliphatic hydroxyl groups is 1. The molecule has 0 spiro atoms. The average molecular weight is 391 g/mol. The highest BCUT2D eigenvalue weighted by Gasteiger charge is 2.08. The zero-order valence-electron chi connectivity index (χ0n) is 17.3. The Morgan fingerprint density at radius 3 is 1.76 bits per heavy atom. The molecular formula is C27H31FO. The van der Waals surface area contributed by atoms with Gasteiger partial charge in [-0.1, -0.05) is 80.4 Å². The minimum absolute atomic E-state index is 0.192. The van der Waals surface area contributed by atoms with Gasteiger partial charge in [0, 0.05) is 12.2 Å². The van der Waals surface area contributed by atoms with E-state index in [-0.39, 0.29) is 12.4 Å². The molecule has 29 heavy (non-hydrogen) atoms. The highest BCUT2D eigenvalue weighted by atomic mass is 19.1. The van der Waals surface area contributed by atoms with E-state index in [0.717, 1.165) is 42.4 Å². The lowest BCUT2D eigenvalue weighted by atomic mass is 9.97. The van der Waals surface area contributed by atoms with E-state index >= 15 is 0 Å². The van der Waals surface area contributed by atoms with Crippen molar-refractivity contribution in [2.24, 2.45) is 0 Å². The summed E-state index contributed by atoms with van der Waals surface area (Å²) in [5.41, 5.74) is 6.05. The monoisotopic (exact) mass is 390 g/mol. The molecular weight excluding hydrogens is 359 g/mol. The van der Waals surface area contributed by atoms with Crippen LogP contribution in [0, 0.1) is 5.82 Å². The first-order chi connectivity index (χ1) is 14.2. The van der Waals surface area contributed by atoms with Crippen LogP contribution in [0.15, 0.2) is 66.7 Å². The molecule has 0 atom stereocenters. The molecule has 3 aromatic carbocycles. The first-order valence-corrected chi connectivity index (χ1v) is 10.8. The summed E-state index contributed by atoms with van der Waals surface area (Å²) < 4.78 is 14.8. The quantitative estimate of drug-likeness (QED) is 0.363. The summed E-state index contributed by atoms with van der Waals surface area (Å²) in [6, 6.07) is 22.1. The van der Waals surface area contributed by atoms with E-state index in [0.29, 0.717) is 5.56 Å². The van der Waals surface area contributed by atoms with Gasteiger partial charge in [0.25, 0.3) is 0 Å². The lowest BCUT2D eigenvalue weighted by Gasteiger charge is -2.09. The van der Waals surface area contributed by atoms with Gasteiger partial charge in [-0.2, -0.15) is 0 Å². The molecule has 0 aromatic heterocycles. The summed E-state index contributed by atoms with van der Waals surface area (Å²) in [6.07, 6.45) is 7.55. The van der Waals surface area contributed by atoms with Gasteiger partial charge >= 0.3 is 0 Å². The van der Waals surface area contributed by atoms with Crippen molar-refractivity contribution in [1.29, 1.82) is 0 Å². The van der Waals surface area contributed by atoms with E-state index in [9.17, 15) is 4.39 Å². The molecule has 0 radical (unpaired) electrons. The zero-order chi connectivity index (χ0) is 20.5. The Labute approximate surface area is 174 Å². The fourth-order valence-corrected chi connectivity index (χ4v) is 3.66. The third-order valence-electron chi connectivity index (χ3n) is 5.46. The first kappa shape index (κ1) is 21.3. The highest BCUT2D eigenvalue weighted by Crippen LogP contribution is 2.29. The Morgan fingerprint density at radius 1 is 0.655 bits per heavy atom. The maximum absolute atomic E-state index is 14.8. The van der Waals surface area contributed by atoms with E-state index in [1.54, 1.807) is 6.07 Å². The minimum atomic E-state index is -0.192. The Hall–Kier alpha value is -2.45. The van der Waals surface area contributed by atoms with Crippen molar-refractivity contribution in [2.75, 3.05) is 6.61 Å². The van der Waals surface area contributed by atoms with Gasteiger partial charge < -0.3 is 5.11 Å². The van der Waals surface area contributed by atoms with Gasteiger partial charge in [-0.15, -0.1) is 0 Å². The molecule has 0 aliphatic carbocycles. The number of benzene rings is 3. The van der Waals surface area contributed by atoms with Crippen LogP contribution in [0.4, 0.5) is 4.39 Å². The lowest BCUT2D eigenvalue weighted by molar-refractivity contribution is 0.284. The van der Waals surface area contributed by atoms with E-state index in [4.69, 9.17) is 5.11 Å². The number of hydrogen-bond donors (Lipinski definition) is 1. The van der Waals surface area contributed by atoms with Gasteiger partial charge in [-0.05, 0) is 66.0 Å². The van der Waals surface area contributed by atoms with Gasteiger partial charge in [0.15, 0.2) is 0 Å². The van der Waals surface area contributed by atoms with Crippen LogP contribution in [0.25, 0.3) is 22.3 Å². The van der Waals surface area contributed by atoms with Gasteiger partial charge in [-0.3, -0.25) is 0 Å². The SMILES string of the molecule is CCCCCc1ccc(-c2ccc(-c3ccc(CCCCO)cc3)c(F)c2)cc1. The fourth-order valence-electron chi connectivity index (χ4n) is 3.66. The number of aryl methyl sites for hydroxylation is 2. The molecule has 0 unspecified atom stereocenters. The predicted octanol–water partition coefficient (Wildman–Crippen LogP) is 7.21. The largest absolute Gasteiger partial charge is 0.396 e. The molecule has 0 fully saturated rings. The van der Waals surface area contributed by atoms with Gasteiger partial charge in [0.2, 0.25) is 0 Å². The van der Waals surface area contributed by atoms with E-state index in [2.05, 4.69) is 43.3 Å². The van der Waals surface area contributed by atoms with Crippen LogP contribution in [0.5, 0.6) is 0 Å². The summed E-state index contributed by atoms with van der Waals surface area (Å²) in [4.78, 5) is 0. The van der Waals surface area contributed by atoms with Crippen molar-refractivity contribution >= 4 is 0 Å². The maximum atomic E-state index is 14.8. The van der Waals surface area contributed by atoms with E-state index < -0.39 is 0 Å². The smallest absolute Gasteiger partial charge is 0.131 e. The van der Waals surface area contributed by atoms with Crippen LogP contribution in [0.3, 0.4) is 0 Å². The third-order valence-corrected chi connectivity index (χ3v) is 5.46. The summed E-state index contributed by atoms with van der Waals surface area (Å²) in [5, 5.41) is 8.89. The summed E-state index contributed by atoms with van der Waals surface area (Å²) in [5.74, 6) is -0.192. The Kier molecular flexibility index (Phi) is 8.01. The molecule has 2 heteroatoms. The van der Waals surface area contributed by atoms with Crippen LogP contribution in [-0.4, -0.2) is 11.7 Å². The number of hydrogen-bond acceptors (Lipinski definition) is 1.